The maximum Gasteiger partial charge on any atom is 0.260 e. The van der Waals surface area contributed by atoms with Crippen LogP contribution in [0.25, 0.3) is 0 Å². The lowest BCUT2D eigenvalue weighted by atomic mass is 10.2. The number of carbonyl (C=O) groups is 1. The van der Waals surface area contributed by atoms with Gasteiger partial charge in [-0.2, -0.15) is 5.10 Å². The first-order valence-corrected chi connectivity index (χ1v) is 9.65. The highest BCUT2D eigenvalue weighted by Gasteiger charge is 2.24. The normalized spacial score (nSPS) is 12.4. The molecule has 1 aliphatic rings. The Morgan fingerprint density at radius 1 is 1.00 bits per heavy atom. The number of hydrazone groups is 1. The summed E-state index contributed by atoms with van der Waals surface area (Å²) in [6.45, 7) is 0.189. The van der Waals surface area contributed by atoms with Gasteiger partial charge >= 0.3 is 0 Å². The van der Waals surface area contributed by atoms with Crippen LogP contribution in [-0.2, 0) is 4.79 Å². The Kier molecular flexibility index (Phi) is 5.30. The number of ether oxygens (including phenoxy) is 1. The van der Waals surface area contributed by atoms with Gasteiger partial charge in [-0.3, -0.25) is 4.79 Å². The Hall–Kier alpha value is -3.25. The van der Waals surface area contributed by atoms with Crippen LogP contribution in [0.2, 0.25) is 0 Å². The van der Waals surface area contributed by atoms with E-state index in [0.29, 0.717) is 0 Å². The second-order valence-electron chi connectivity index (χ2n) is 6.19. The van der Waals surface area contributed by atoms with Gasteiger partial charge in [0.2, 0.25) is 0 Å². The molecule has 0 saturated heterocycles. The van der Waals surface area contributed by atoms with Crippen molar-refractivity contribution in [3.63, 3.8) is 0 Å². The molecule has 1 heterocycles. The Bertz CT molecular complexity index is 973. The quantitative estimate of drug-likeness (QED) is 0.517. The Balaban J connectivity index is 1.47. The fourth-order valence-corrected chi connectivity index (χ4v) is 4.09. The van der Waals surface area contributed by atoms with Crippen LogP contribution >= 0.6 is 11.8 Å². The Morgan fingerprint density at radius 2 is 1.61 bits per heavy atom. The van der Waals surface area contributed by atoms with E-state index in [4.69, 9.17) is 4.74 Å². The second kappa shape index (κ2) is 8.19. The number of hydrogen-bond acceptors (Lipinski definition) is 5. The molecule has 0 spiro atoms. The van der Waals surface area contributed by atoms with E-state index in [1.807, 2.05) is 65.6 Å². The zero-order valence-corrected chi connectivity index (χ0v) is 16.1. The number of hydrogen-bond donors (Lipinski definition) is 1. The molecule has 0 fully saturated rings. The molecule has 0 atom stereocenters. The van der Waals surface area contributed by atoms with Crippen molar-refractivity contribution < 1.29 is 9.53 Å². The van der Waals surface area contributed by atoms with Crippen LogP contribution in [0.1, 0.15) is 5.56 Å². The third-order valence-corrected chi connectivity index (χ3v) is 5.48. The lowest BCUT2D eigenvalue weighted by Crippen LogP contribution is -2.33. The number of amides is 1. The van der Waals surface area contributed by atoms with E-state index >= 15 is 0 Å². The third kappa shape index (κ3) is 3.87. The fourth-order valence-electron chi connectivity index (χ4n) is 3.00. The summed E-state index contributed by atoms with van der Waals surface area (Å²) in [5, 5.41) is 4.08. The SMILES string of the molecule is COc1ccc(C=NNC(=O)CN2c3ccccc3Sc3ccccc32)cc1. The number of methoxy groups -OCH3 is 1. The highest BCUT2D eigenvalue weighted by molar-refractivity contribution is 7.99. The standard InChI is InChI=1S/C22H19N3O2S/c1-27-17-12-10-16(11-13-17)14-23-24-22(26)15-25-18-6-2-4-8-20(18)28-21-9-5-3-7-19(21)25/h2-14H,15H2,1H3,(H,24,26). The summed E-state index contributed by atoms with van der Waals surface area (Å²) in [5.41, 5.74) is 5.56. The number of nitrogens with one attached hydrogen (secondary N) is 1. The van der Waals surface area contributed by atoms with Gasteiger partial charge in [0.1, 0.15) is 12.3 Å². The highest BCUT2D eigenvalue weighted by Crippen LogP contribution is 2.47. The molecule has 1 aliphatic heterocycles. The zero-order valence-electron chi connectivity index (χ0n) is 15.3. The van der Waals surface area contributed by atoms with Crippen molar-refractivity contribution >= 4 is 35.3 Å². The van der Waals surface area contributed by atoms with Crippen molar-refractivity contribution in [3.8, 4) is 5.75 Å². The van der Waals surface area contributed by atoms with Gasteiger partial charge in [0.25, 0.3) is 5.91 Å². The summed E-state index contributed by atoms with van der Waals surface area (Å²) < 4.78 is 5.13. The summed E-state index contributed by atoms with van der Waals surface area (Å²) in [6, 6.07) is 23.7. The number of nitrogens with zero attached hydrogens (tertiary/aromatic N) is 2. The largest absolute Gasteiger partial charge is 0.497 e. The number of anilines is 2. The molecule has 0 saturated carbocycles. The van der Waals surface area contributed by atoms with E-state index in [0.717, 1.165) is 32.5 Å². The van der Waals surface area contributed by atoms with E-state index in [1.54, 1.807) is 25.1 Å². The molecule has 5 nitrogen and oxygen atoms in total. The van der Waals surface area contributed by atoms with E-state index in [9.17, 15) is 4.79 Å². The molecule has 0 bridgehead atoms. The smallest absolute Gasteiger partial charge is 0.260 e. The van der Waals surface area contributed by atoms with Crippen molar-refractivity contribution in [1.29, 1.82) is 0 Å². The monoisotopic (exact) mass is 389 g/mol. The van der Waals surface area contributed by atoms with Gasteiger partial charge in [0, 0.05) is 9.79 Å². The van der Waals surface area contributed by atoms with E-state index in [1.165, 1.54) is 0 Å². The second-order valence-corrected chi connectivity index (χ2v) is 7.27. The highest BCUT2D eigenvalue weighted by atomic mass is 32.2. The zero-order chi connectivity index (χ0) is 19.3. The molecule has 4 rings (SSSR count). The number of fused-ring (bicyclic) bond motifs is 2. The lowest BCUT2D eigenvalue weighted by Gasteiger charge is -2.31. The summed E-state index contributed by atoms with van der Waals surface area (Å²) in [6.07, 6.45) is 1.62. The summed E-state index contributed by atoms with van der Waals surface area (Å²) >= 11 is 1.72. The van der Waals surface area contributed by atoms with Gasteiger partial charge in [-0.05, 0) is 54.1 Å². The topological polar surface area (TPSA) is 53.9 Å². The molecule has 6 heteroatoms. The molecule has 0 aliphatic carbocycles. The van der Waals surface area contributed by atoms with Crippen molar-refractivity contribution in [2.24, 2.45) is 5.10 Å². The Labute approximate surface area is 168 Å². The lowest BCUT2D eigenvalue weighted by molar-refractivity contribution is -0.119. The predicted molar refractivity (Wildman–Crippen MR) is 113 cm³/mol. The van der Waals surface area contributed by atoms with Crippen LogP contribution in [-0.4, -0.2) is 25.8 Å². The molecule has 1 N–H and O–H groups in total. The average molecular weight is 389 g/mol. The van der Waals surface area contributed by atoms with Crippen molar-refractivity contribution in [1.82, 2.24) is 5.43 Å². The van der Waals surface area contributed by atoms with Gasteiger partial charge in [0.05, 0.1) is 24.7 Å². The maximum absolute atomic E-state index is 12.5. The van der Waals surface area contributed by atoms with Gasteiger partial charge < -0.3 is 9.64 Å². The molecule has 3 aromatic carbocycles. The minimum atomic E-state index is -0.179. The first-order valence-electron chi connectivity index (χ1n) is 8.84. The minimum Gasteiger partial charge on any atom is -0.497 e. The summed E-state index contributed by atoms with van der Waals surface area (Å²) in [4.78, 5) is 16.8. The number of rotatable bonds is 5. The van der Waals surface area contributed by atoms with Crippen LogP contribution in [0.3, 0.4) is 0 Å². The Morgan fingerprint density at radius 3 is 2.21 bits per heavy atom. The predicted octanol–water partition coefficient (Wildman–Crippen LogP) is 4.45. The number of para-hydroxylation sites is 2. The first kappa shape index (κ1) is 18.1. The van der Waals surface area contributed by atoms with Crippen molar-refractivity contribution in [3.05, 3.63) is 78.4 Å². The number of carbonyl (C=O) groups excluding carboxylic acids is 1. The maximum atomic E-state index is 12.5. The fraction of sp³-hybridized carbons (Fsp3) is 0.0909. The molecule has 0 radical (unpaired) electrons. The summed E-state index contributed by atoms with van der Waals surface area (Å²) in [5.74, 6) is 0.600. The minimum absolute atomic E-state index is 0.179. The molecular formula is C22H19N3O2S. The summed E-state index contributed by atoms with van der Waals surface area (Å²) in [7, 11) is 1.62. The van der Waals surface area contributed by atoms with Gasteiger partial charge in [-0.1, -0.05) is 36.0 Å². The van der Waals surface area contributed by atoms with Crippen LogP contribution in [0.5, 0.6) is 5.75 Å². The van der Waals surface area contributed by atoms with Gasteiger partial charge in [0.15, 0.2) is 0 Å². The average Bonchev–Trinajstić information content (AvgIpc) is 2.74. The molecule has 28 heavy (non-hydrogen) atoms. The third-order valence-electron chi connectivity index (χ3n) is 4.35. The molecular weight excluding hydrogens is 370 g/mol. The van der Waals surface area contributed by atoms with E-state index in [2.05, 4.69) is 22.7 Å². The van der Waals surface area contributed by atoms with Gasteiger partial charge in [-0.25, -0.2) is 5.43 Å². The van der Waals surface area contributed by atoms with Crippen LogP contribution < -0.4 is 15.1 Å². The molecule has 140 valence electrons. The molecule has 1 amide bonds. The van der Waals surface area contributed by atoms with Crippen molar-refractivity contribution in [2.45, 2.75) is 9.79 Å². The van der Waals surface area contributed by atoms with Crippen LogP contribution in [0.15, 0.2) is 87.7 Å². The molecule has 3 aromatic rings. The van der Waals surface area contributed by atoms with E-state index < -0.39 is 0 Å². The van der Waals surface area contributed by atoms with Gasteiger partial charge in [-0.15, -0.1) is 0 Å². The van der Waals surface area contributed by atoms with Crippen LogP contribution in [0.4, 0.5) is 11.4 Å². The molecule has 0 unspecified atom stereocenters. The van der Waals surface area contributed by atoms with Crippen LogP contribution in [0, 0.1) is 0 Å². The van der Waals surface area contributed by atoms with Crippen molar-refractivity contribution in [2.75, 3.05) is 18.6 Å². The molecule has 0 aromatic heterocycles. The number of benzene rings is 3. The van der Waals surface area contributed by atoms with E-state index in [-0.39, 0.29) is 12.5 Å². The first-order chi connectivity index (χ1) is 13.7.